The zero-order chi connectivity index (χ0) is 22.1. The molecule has 2 aromatic rings. The van der Waals surface area contributed by atoms with E-state index in [9.17, 15) is 9.59 Å². The lowest BCUT2D eigenvalue weighted by atomic mass is 10.1. The first kappa shape index (κ1) is 23.8. The van der Waals surface area contributed by atoms with Gasteiger partial charge >= 0.3 is 5.97 Å². The number of halogens is 2. The molecule has 0 bridgehead atoms. The van der Waals surface area contributed by atoms with Gasteiger partial charge in [-0.25, -0.2) is 4.79 Å². The normalized spacial score (nSPS) is 11.4. The molecule has 0 spiro atoms. The summed E-state index contributed by atoms with van der Waals surface area (Å²) in [5, 5.41) is 3.75. The number of rotatable bonds is 9. The van der Waals surface area contributed by atoms with Gasteiger partial charge in [-0.05, 0) is 68.7 Å². The van der Waals surface area contributed by atoms with E-state index in [2.05, 4.69) is 5.32 Å². The summed E-state index contributed by atoms with van der Waals surface area (Å²) in [6.07, 6.45) is 3.79. The highest BCUT2D eigenvalue weighted by molar-refractivity contribution is 6.42. The van der Waals surface area contributed by atoms with Crippen molar-refractivity contribution in [2.75, 3.05) is 13.2 Å². The van der Waals surface area contributed by atoms with Crippen molar-refractivity contribution in [1.29, 1.82) is 0 Å². The van der Waals surface area contributed by atoms with Crippen molar-refractivity contribution in [3.63, 3.8) is 0 Å². The van der Waals surface area contributed by atoms with E-state index < -0.39 is 11.6 Å². The lowest BCUT2D eigenvalue weighted by Crippen LogP contribution is -2.39. The maximum Gasteiger partial charge on any atom is 0.349 e. The molecular weight excluding hydrogens is 425 g/mol. The molecule has 1 amide bonds. The molecule has 0 aliphatic rings. The number of carbonyl (C=O) groups is 2. The zero-order valence-electron chi connectivity index (χ0n) is 17.2. The van der Waals surface area contributed by atoms with Crippen molar-refractivity contribution in [1.82, 2.24) is 5.32 Å². The quantitative estimate of drug-likeness (QED) is 0.427. The summed E-state index contributed by atoms with van der Waals surface area (Å²) in [5.41, 5.74) is 0.762. The van der Waals surface area contributed by atoms with E-state index in [0.29, 0.717) is 35.4 Å². The average molecular weight is 450 g/mol. The van der Waals surface area contributed by atoms with E-state index in [0.717, 1.165) is 11.1 Å². The number of ether oxygens (including phenoxy) is 2. The number of esters is 1. The molecule has 0 atom stereocenters. The molecule has 1 N–H and O–H groups in total. The van der Waals surface area contributed by atoms with Crippen LogP contribution in [-0.4, -0.2) is 30.6 Å². The van der Waals surface area contributed by atoms with Crippen LogP contribution in [0.4, 0.5) is 0 Å². The lowest BCUT2D eigenvalue weighted by Gasteiger charge is -2.24. The standard InChI is InChI=1S/C23H25Cl2NO4/c1-4-29-22(28)23(2,3)30-18-9-5-16(6-10-18)13-14-26-21(27)12-8-17-7-11-19(24)20(25)15-17/h5-12,15H,4,13-14H2,1-3H3,(H,26,27). The molecular formula is C23H25Cl2NO4. The predicted octanol–water partition coefficient (Wildman–Crippen LogP) is 5.09. The summed E-state index contributed by atoms with van der Waals surface area (Å²) in [5.74, 6) is -0.0340. The summed E-state index contributed by atoms with van der Waals surface area (Å²) in [6.45, 7) is 5.88. The SMILES string of the molecule is CCOC(=O)C(C)(C)Oc1ccc(CCNC(=O)C=Cc2ccc(Cl)c(Cl)c2)cc1. The zero-order valence-corrected chi connectivity index (χ0v) is 18.7. The van der Waals surface area contributed by atoms with Crippen molar-refractivity contribution in [2.24, 2.45) is 0 Å². The number of benzene rings is 2. The molecule has 0 fully saturated rings. The van der Waals surface area contributed by atoms with Crippen molar-refractivity contribution in [3.8, 4) is 5.75 Å². The molecule has 30 heavy (non-hydrogen) atoms. The van der Waals surface area contributed by atoms with Crippen LogP contribution in [-0.2, 0) is 20.7 Å². The third-order valence-corrected chi connectivity index (χ3v) is 4.89. The highest BCUT2D eigenvalue weighted by Crippen LogP contribution is 2.23. The van der Waals surface area contributed by atoms with Crippen molar-refractivity contribution in [3.05, 3.63) is 69.7 Å². The molecule has 0 aliphatic carbocycles. The van der Waals surface area contributed by atoms with Gasteiger partial charge in [0.1, 0.15) is 5.75 Å². The smallest absolute Gasteiger partial charge is 0.349 e. The van der Waals surface area contributed by atoms with Crippen molar-refractivity contribution >= 4 is 41.2 Å². The van der Waals surface area contributed by atoms with Gasteiger partial charge in [-0.1, -0.05) is 41.4 Å². The van der Waals surface area contributed by atoms with Gasteiger partial charge in [0.15, 0.2) is 5.60 Å². The first-order valence-corrected chi connectivity index (χ1v) is 10.3. The third kappa shape index (κ3) is 7.39. The monoisotopic (exact) mass is 449 g/mol. The second-order valence-electron chi connectivity index (χ2n) is 7.02. The molecule has 2 rings (SSSR count). The summed E-state index contributed by atoms with van der Waals surface area (Å²) in [7, 11) is 0. The van der Waals surface area contributed by atoms with Crippen LogP contribution < -0.4 is 10.1 Å². The van der Waals surface area contributed by atoms with E-state index in [1.54, 1.807) is 57.2 Å². The molecule has 0 saturated carbocycles. The highest BCUT2D eigenvalue weighted by atomic mass is 35.5. The largest absolute Gasteiger partial charge is 0.476 e. The van der Waals surface area contributed by atoms with Gasteiger partial charge < -0.3 is 14.8 Å². The van der Waals surface area contributed by atoms with Crippen LogP contribution in [0.1, 0.15) is 31.9 Å². The average Bonchev–Trinajstić information content (AvgIpc) is 2.70. The van der Waals surface area contributed by atoms with E-state index in [1.165, 1.54) is 6.08 Å². The minimum absolute atomic E-state index is 0.197. The van der Waals surface area contributed by atoms with Crippen LogP contribution in [0.3, 0.4) is 0 Å². The highest BCUT2D eigenvalue weighted by Gasteiger charge is 2.31. The Labute approximate surface area is 187 Å². The Kier molecular flexibility index (Phi) is 8.75. The predicted molar refractivity (Wildman–Crippen MR) is 120 cm³/mol. The number of hydrogen-bond donors (Lipinski definition) is 1. The van der Waals surface area contributed by atoms with Crippen LogP contribution >= 0.6 is 23.2 Å². The van der Waals surface area contributed by atoms with Gasteiger partial charge in [0.05, 0.1) is 16.7 Å². The van der Waals surface area contributed by atoms with Gasteiger partial charge in [0, 0.05) is 12.6 Å². The molecule has 0 unspecified atom stereocenters. The Balaban J connectivity index is 1.80. The number of carbonyl (C=O) groups excluding carboxylic acids is 2. The Bertz CT molecular complexity index is 908. The van der Waals surface area contributed by atoms with E-state index in [-0.39, 0.29) is 5.91 Å². The molecule has 160 valence electrons. The molecule has 0 aliphatic heterocycles. The van der Waals surface area contributed by atoms with E-state index >= 15 is 0 Å². The second-order valence-corrected chi connectivity index (χ2v) is 7.84. The van der Waals surface area contributed by atoms with Crippen molar-refractivity contribution < 1.29 is 19.1 Å². The molecule has 0 saturated heterocycles. The summed E-state index contributed by atoms with van der Waals surface area (Å²) in [6, 6.07) is 12.5. The van der Waals surface area contributed by atoms with Crippen LogP contribution in [0.2, 0.25) is 10.0 Å². The van der Waals surface area contributed by atoms with Gasteiger partial charge in [-0.2, -0.15) is 0 Å². The van der Waals surface area contributed by atoms with Crippen LogP contribution in [0, 0.1) is 0 Å². The van der Waals surface area contributed by atoms with Gasteiger partial charge in [0.2, 0.25) is 5.91 Å². The number of amides is 1. The summed E-state index contributed by atoms with van der Waals surface area (Å²) < 4.78 is 10.7. The third-order valence-electron chi connectivity index (χ3n) is 4.15. The lowest BCUT2D eigenvalue weighted by molar-refractivity contribution is -0.158. The molecule has 2 aromatic carbocycles. The van der Waals surface area contributed by atoms with Crippen molar-refractivity contribution in [2.45, 2.75) is 32.8 Å². The van der Waals surface area contributed by atoms with Crippen LogP contribution in [0.5, 0.6) is 5.75 Å². The topological polar surface area (TPSA) is 64.6 Å². The van der Waals surface area contributed by atoms with Crippen LogP contribution in [0.25, 0.3) is 6.08 Å². The second kappa shape index (κ2) is 11.0. The Morgan fingerprint density at radius 3 is 2.40 bits per heavy atom. The maximum atomic E-state index is 12.0. The maximum absolute atomic E-state index is 12.0. The Morgan fingerprint density at radius 2 is 1.77 bits per heavy atom. The molecule has 0 heterocycles. The molecule has 7 heteroatoms. The number of nitrogens with one attached hydrogen (secondary N) is 1. The minimum atomic E-state index is -1.06. The number of hydrogen-bond acceptors (Lipinski definition) is 4. The summed E-state index contributed by atoms with van der Waals surface area (Å²) in [4.78, 5) is 23.9. The van der Waals surface area contributed by atoms with E-state index in [4.69, 9.17) is 32.7 Å². The fourth-order valence-corrected chi connectivity index (χ4v) is 2.85. The van der Waals surface area contributed by atoms with E-state index in [1.807, 2.05) is 12.1 Å². The summed E-state index contributed by atoms with van der Waals surface area (Å²) >= 11 is 11.8. The fraction of sp³-hybridized carbons (Fsp3) is 0.304. The van der Waals surface area contributed by atoms with Crippen LogP contribution in [0.15, 0.2) is 48.5 Å². The molecule has 0 radical (unpaired) electrons. The van der Waals surface area contributed by atoms with Gasteiger partial charge in [-0.15, -0.1) is 0 Å². The first-order valence-electron chi connectivity index (χ1n) is 9.57. The Morgan fingerprint density at radius 1 is 1.07 bits per heavy atom. The Hall–Kier alpha value is -2.50. The molecule has 5 nitrogen and oxygen atoms in total. The first-order chi connectivity index (χ1) is 14.2. The van der Waals surface area contributed by atoms with Gasteiger partial charge in [0.25, 0.3) is 0 Å². The minimum Gasteiger partial charge on any atom is -0.476 e. The fourth-order valence-electron chi connectivity index (χ4n) is 2.54. The van der Waals surface area contributed by atoms with Gasteiger partial charge in [-0.3, -0.25) is 4.79 Å². The molecule has 0 aromatic heterocycles.